The largest absolute Gasteiger partial charge is 0.484 e. The maximum absolute atomic E-state index is 11.5. The van der Waals surface area contributed by atoms with Crippen LogP contribution in [0.2, 0.25) is 0 Å². The molecule has 22 heavy (non-hydrogen) atoms. The number of carbonyl (C=O) groups excluding carboxylic acids is 4. The van der Waals surface area contributed by atoms with Crippen molar-refractivity contribution in [3.05, 3.63) is 22.7 Å². The van der Waals surface area contributed by atoms with Crippen molar-refractivity contribution in [2.24, 2.45) is 0 Å². The van der Waals surface area contributed by atoms with Crippen molar-refractivity contribution in [1.29, 1.82) is 0 Å². The average molecular weight is 308 g/mol. The molecular weight excluding hydrogens is 292 g/mol. The lowest BCUT2D eigenvalue weighted by atomic mass is 10.2. The van der Waals surface area contributed by atoms with Gasteiger partial charge in [-0.3, -0.25) is 29.8 Å². The molecule has 2 N–H and O–H groups in total. The number of rotatable bonds is 7. The molecule has 0 saturated carbocycles. The molecule has 2 rings (SSSR count). The summed E-state index contributed by atoms with van der Waals surface area (Å²) in [4.78, 5) is 45.9. The van der Waals surface area contributed by atoms with E-state index in [1.807, 2.05) is 0 Å². The van der Waals surface area contributed by atoms with Crippen LogP contribution in [0.4, 0.5) is 0 Å². The number of hydrogen-bond donors (Lipinski definition) is 2. The summed E-state index contributed by atoms with van der Waals surface area (Å²) in [5.41, 5.74) is 0.569. The molecule has 0 atom stereocenters. The van der Waals surface area contributed by atoms with Gasteiger partial charge in [0, 0.05) is 0 Å². The van der Waals surface area contributed by atoms with Crippen LogP contribution < -0.4 is 10.6 Å². The summed E-state index contributed by atoms with van der Waals surface area (Å²) in [5.74, 6) is -2.12. The van der Waals surface area contributed by atoms with Crippen LogP contribution in [0.1, 0.15) is 26.7 Å². The van der Waals surface area contributed by atoms with E-state index >= 15 is 0 Å². The fraction of sp³-hybridized carbons (Fsp3) is 0.429. The number of amides is 4. The summed E-state index contributed by atoms with van der Waals surface area (Å²) in [6, 6.07) is 0. The molecule has 4 amide bonds. The summed E-state index contributed by atoms with van der Waals surface area (Å²) >= 11 is 0. The predicted molar refractivity (Wildman–Crippen MR) is 72.8 cm³/mol. The van der Waals surface area contributed by atoms with Crippen LogP contribution >= 0.6 is 0 Å². The molecule has 0 aromatic rings. The monoisotopic (exact) mass is 308 g/mol. The van der Waals surface area contributed by atoms with E-state index in [0.717, 1.165) is 0 Å². The van der Waals surface area contributed by atoms with Crippen molar-refractivity contribution in [2.75, 3.05) is 13.2 Å². The van der Waals surface area contributed by atoms with E-state index in [2.05, 4.69) is 10.6 Å². The zero-order valence-electron chi connectivity index (χ0n) is 12.3. The molecular formula is C14H16N2O6. The number of imide groups is 2. The number of nitrogens with one attached hydrogen (secondary N) is 2. The van der Waals surface area contributed by atoms with Gasteiger partial charge in [0.15, 0.2) is 11.5 Å². The SMILES string of the molecule is CCC1=C(OCCOC2=C(CC)C(=O)NC2=O)C(=O)NC1=O. The van der Waals surface area contributed by atoms with Crippen LogP contribution in [0.15, 0.2) is 22.7 Å². The van der Waals surface area contributed by atoms with Crippen molar-refractivity contribution >= 4 is 23.6 Å². The van der Waals surface area contributed by atoms with Crippen molar-refractivity contribution in [3.63, 3.8) is 0 Å². The van der Waals surface area contributed by atoms with Crippen molar-refractivity contribution < 1.29 is 28.7 Å². The predicted octanol–water partition coefficient (Wildman–Crippen LogP) is -0.339. The fourth-order valence-corrected chi connectivity index (χ4v) is 2.19. The van der Waals surface area contributed by atoms with Gasteiger partial charge < -0.3 is 9.47 Å². The van der Waals surface area contributed by atoms with Crippen LogP contribution in [-0.4, -0.2) is 36.8 Å². The molecule has 0 aromatic heterocycles. The normalized spacial score (nSPS) is 18.1. The molecule has 0 fully saturated rings. The van der Waals surface area contributed by atoms with E-state index in [1.54, 1.807) is 13.8 Å². The van der Waals surface area contributed by atoms with Crippen LogP contribution in [0.3, 0.4) is 0 Å². The zero-order chi connectivity index (χ0) is 16.3. The van der Waals surface area contributed by atoms with Gasteiger partial charge >= 0.3 is 0 Å². The Kier molecular flexibility index (Phi) is 4.59. The van der Waals surface area contributed by atoms with Crippen molar-refractivity contribution in [3.8, 4) is 0 Å². The van der Waals surface area contributed by atoms with Gasteiger partial charge in [-0.1, -0.05) is 13.8 Å². The lowest BCUT2D eigenvalue weighted by Gasteiger charge is -2.09. The van der Waals surface area contributed by atoms with Crippen molar-refractivity contribution in [2.45, 2.75) is 26.7 Å². The van der Waals surface area contributed by atoms with E-state index in [9.17, 15) is 19.2 Å². The summed E-state index contributed by atoms with van der Waals surface area (Å²) < 4.78 is 10.5. The molecule has 0 bridgehead atoms. The second-order valence-electron chi connectivity index (χ2n) is 4.59. The molecule has 0 radical (unpaired) electrons. The Morgan fingerprint density at radius 1 is 0.682 bits per heavy atom. The van der Waals surface area contributed by atoms with E-state index in [4.69, 9.17) is 9.47 Å². The smallest absolute Gasteiger partial charge is 0.293 e. The van der Waals surface area contributed by atoms with E-state index < -0.39 is 23.6 Å². The minimum absolute atomic E-state index is 0.0206. The first-order chi connectivity index (χ1) is 10.5. The van der Waals surface area contributed by atoms with E-state index in [-0.39, 0.29) is 35.9 Å². The third kappa shape index (κ3) is 2.85. The van der Waals surface area contributed by atoms with Gasteiger partial charge in [-0.15, -0.1) is 0 Å². The quantitative estimate of drug-likeness (QED) is 0.492. The number of carbonyl (C=O) groups is 4. The molecule has 0 aromatic carbocycles. The Bertz CT molecular complexity index is 563. The van der Waals surface area contributed by atoms with Crippen LogP contribution in [-0.2, 0) is 28.7 Å². The Morgan fingerprint density at radius 2 is 1.05 bits per heavy atom. The summed E-state index contributed by atoms with van der Waals surface area (Å²) in [5, 5.41) is 4.29. The van der Waals surface area contributed by atoms with Crippen LogP contribution in [0.5, 0.6) is 0 Å². The molecule has 2 aliphatic rings. The zero-order valence-corrected chi connectivity index (χ0v) is 12.3. The molecule has 2 aliphatic heterocycles. The Balaban J connectivity index is 1.93. The minimum Gasteiger partial charge on any atom is -0.484 e. The first-order valence-corrected chi connectivity index (χ1v) is 6.92. The molecule has 8 nitrogen and oxygen atoms in total. The third-order valence-corrected chi connectivity index (χ3v) is 3.25. The van der Waals surface area contributed by atoms with Gasteiger partial charge in [-0.25, -0.2) is 0 Å². The highest BCUT2D eigenvalue weighted by molar-refractivity contribution is 6.18. The van der Waals surface area contributed by atoms with Crippen LogP contribution in [0.25, 0.3) is 0 Å². The molecule has 118 valence electrons. The number of hydrogen-bond acceptors (Lipinski definition) is 6. The van der Waals surface area contributed by atoms with E-state index in [0.29, 0.717) is 12.8 Å². The Morgan fingerprint density at radius 3 is 1.36 bits per heavy atom. The lowest BCUT2D eigenvalue weighted by Crippen LogP contribution is -2.24. The van der Waals surface area contributed by atoms with Gasteiger partial charge in [0.05, 0.1) is 11.1 Å². The average Bonchev–Trinajstić information content (AvgIpc) is 2.90. The summed E-state index contributed by atoms with van der Waals surface area (Å²) in [6.07, 6.45) is 0.742. The third-order valence-electron chi connectivity index (χ3n) is 3.25. The van der Waals surface area contributed by atoms with Crippen LogP contribution in [0, 0.1) is 0 Å². The Hall–Kier alpha value is -2.64. The number of ether oxygens (including phenoxy) is 2. The molecule has 0 aliphatic carbocycles. The molecule has 0 saturated heterocycles. The maximum Gasteiger partial charge on any atom is 0.293 e. The Labute approximate surface area is 126 Å². The summed E-state index contributed by atoms with van der Waals surface area (Å²) in [7, 11) is 0. The fourth-order valence-electron chi connectivity index (χ4n) is 2.19. The second kappa shape index (κ2) is 6.42. The van der Waals surface area contributed by atoms with Crippen molar-refractivity contribution in [1.82, 2.24) is 10.6 Å². The van der Waals surface area contributed by atoms with Gasteiger partial charge in [0.2, 0.25) is 0 Å². The van der Waals surface area contributed by atoms with E-state index in [1.165, 1.54) is 0 Å². The molecule has 0 unspecified atom stereocenters. The molecule has 0 spiro atoms. The highest BCUT2D eigenvalue weighted by Crippen LogP contribution is 2.18. The minimum atomic E-state index is -0.580. The lowest BCUT2D eigenvalue weighted by molar-refractivity contribution is -0.127. The first-order valence-electron chi connectivity index (χ1n) is 6.92. The highest BCUT2D eigenvalue weighted by atomic mass is 16.5. The van der Waals surface area contributed by atoms with Gasteiger partial charge in [0.1, 0.15) is 13.2 Å². The standard InChI is InChI=1S/C14H16N2O6/c1-3-7-9(13(19)15-11(7)17)21-5-6-22-10-8(4-2)12(18)16-14(10)20/h3-6H2,1-2H3,(H,15,17,19)(H,16,18,20). The van der Waals surface area contributed by atoms with Gasteiger partial charge in [0.25, 0.3) is 23.6 Å². The highest BCUT2D eigenvalue weighted by Gasteiger charge is 2.32. The maximum atomic E-state index is 11.5. The van der Waals surface area contributed by atoms with Gasteiger partial charge in [-0.2, -0.15) is 0 Å². The first kappa shape index (κ1) is 15.7. The second-order valence-corrected chi connectivity index (χ2v) is 4.59. The molecule has 8 heteroatoms. The topological polar surface area (TPSA) is 111 Å². The van der Waals surface area contributed by atoms with Gasteiger partial charge in [-0.05, 0) is 12.8 Å². The summed E-state index contributed by atoms with van der Waals surface area (Å²) in [6.45, 7) is 3.42. The molecule has 2 heterocycles.